The van der Waals surface area contributed by atoms with E-state index in [9.17, 15) is 5.11 Å². The summed E-state index contributed by atoms with van der Waals surface area (Å²) in [6.07, 6.45) is 0. The lowest BCUT2D eigenvalue weighted by Gasteiger charge is -2.26. The molecule has 0 amide bonds. The minimum absolute atomic E-state index is 0.249. The van der Waals surface area contributed by atoms with Gasteiger partial charge >= 0.3 is 0 Å². The van der Waals surface area contributed by atoms with E-state index < -0.39 is 0 Å². The molecule has 0 unspecified atom stereocenters. The largest absolute Gasteiger partial charge is 0.508 e. The van der Waals surface area contributed by atoms with Gasteiger partial charge < -0.3 is 10.0 Å². The number of aromatic hydroxyl groups is 1. The average Bonchev–Trinajstić information content (AvgIpc) is 2.83. The van der Waals surface area contributed by atoms with E-state index in [1.54, 1.807) is 23.9 Å². The predicted molar refractivity (Wildman–Crippen MR) is 140 cm³/mol. The van der Waals surface area contributed by atoms with Gasteiger partial charge in [0.1, 0.15) is 5.75 Å². The van der Waals surface area contributed by atoms with Gasteiger partial charge in [0.15, 0.2) is 5.17 Å². The zero-order chi connectivity index (χ0) is 23.0. The van der Waals surface area contributed by atoms with Crippen molar-refractivity contribution >= 4 is 45.8 Å². The highest BCUT2D eigenvalue weighted by molar-refractivity contribution is 8.13. The molecule has 1 N–H and O–H groups in total. The Morgan fingerprint density at radius 2 is 1.24 bits per heavy atom. The quantitative estimate of drug-likeness (QED) is 0.167. The van der Waals surface area contributed by atoms with Crippen LogP contribution in [0.1, 0.15) is 11.1 Å². The van der Waals surface area contributed by atoms with E-state index in [4.69, 9.17) is 28.2 Å². The van der Waals surface area contributed by atoms with Gasteiger partial charge in [-0.25, -0.2) is 4.99 Å². The van der Waals surface area contributed by atoms with Crippen LogP contribution < -0.4 is 0 Å². The second-order valence-electron chi connectivity index (χ2n) is 7.43. The van der Waals surface area contributed by atoms with Gasteiger partial charge in [-0.1, -0.05) is 77.4 Å². The van der Waals surface area contributed by atoms with Crippen molar-refractivity contribution < 1.29 is 5.11 Å². The molecule has 0 heterocycles. The van der Waals surface area contributed by atoms with Crippen LogP contribution in [0.2, 0.25) is 10.0 Å². The zero-order valence-corrected chi connectivity index (χ0v) is 20.1. The summed E-state index contributed by atoms with van der Waals surface area (Å²) < 4.78 is 0. The molecule has 4 rings (SSSR count). The lowest BCUT2D eigenvalue weighted by molar-refractivity contribution is 0.414. The maximum atomic E-state index is 9.71. The fourth-order valence-corrected chi connectivity index (χ4v) is 4.35. The highest BCUT2D eigenvalue weighted by Crippen LogP contribution is 2.29. The van der Waals surface area contributed by atoms with Crippen LogP contribution in [0.25, 0.3) is 0 Å². The van der Waals surface area contributed by atoms with Gasteiger partial charge in [-0.2, -0.15) is 0 Å². The summed E-state index contributed by atoms with van der Waals surface area (Å²) in [5.41, 5.74) is 3.07. The van der Waals surface area contributed by atoms with Crippen molar-refractivity contribution in [3.05, 3.63) is 124 Å². The van der Waals surface area contributed by atoms with Crippen molar-refractivity contribution in [2.45, 2.75) is 18.0 Å². The molecule has 0 saturated carbocycles. The first-order valence-corrected chi connectivity index (χ1v) is 12.0. The standard InChI is InChI=1S/C27H22Cl2N2OS/c28-22-8-12-24(13-9-22)30-27(33-26-16-10-23(29)11-17-26)31(18-20-4-2-1-3-5-20)19-21-6-14-25(32)15-7-21/h1-17,32H,18-19H2. The Morgan fingerprint density at radius 1 is 0.697 bits per heavy atom. The maximum absolute atomic E-state index is 9.71. The number of hydrogen-bond acceptors (Lipinski definition) is 3. The number of nitrogens with zero attached hydrogens (tertiary/aromatic N) is 2. The molecule has 0 aliphatic carbocycles. The van der Waals surface area contributed by atoms with Crippen molar-refractivity contribution in [2.75, 3.05) is 0 Å². The third kappa shape index (κ3) is 7.03. The molecule has 166 valence electrons. The number of phenolic OH excluding ortho intramolecular Hbond substituents is 1. The van der Waals surface area contributed by atoms with Crippen LogP contribution in [0.15, 0.2) is 113 Å². The molecule has 0 spiro atoms. The summed E-state index contributed by atoms with van der Waals surface area (Å²) in [5, 5.41) is 11.9. The first kappa shape index (κ1) is 23.2. The second-order valence-corrected chi connectivity index (χ2v) is 9.35. The maximum Gasteiger partial charge on any atom is 0.169 e. The number of aliphatic imine (C=N–C) groups is 1. The Labute approximate surface area is 208 Å². The molecule has 3 nitrogen and oxygen atoms in total. The molecule has 0 saturated heterocycles. The van der Waals surface area contributed by atoms with E-state index in [1.807, 2.05) is 78.9 Å². The van der Waals surface area contributed by atoms with E-state index in [2.05, 4.69) is 17.0 Å². The fraction of sp³-hybridized carbons (Fsp3) is 0.0741. The van der Waals surface area contributed by atoms with Crippen LogP contribution in [0.3, 0.4) is 0 Å². The van der Waals surface area contributed by atoms with Crippen LogP contribution in [-0.2, 0) is 13.1 Å². The van der Waals surface area contributed by atoms with Gasteiger partial charge in [0.2, 0.25) is 0 Å². The van der Waals surface area contributed by atoms with Crippen molar-refractivity contribution in [3.63, 3.8) is 0 Å². The second kappa shape index (κ2) is 11.3. The Morgan fingerprint density at radius 3 is 1.85 bits per heavy atom. The molecule has 0 aliphatic heterocycles. The number of phenols is 1. The van der Waals surface area contributed by atoms with Gasteiger partial charge in [-0.05, 0) is 71.8 Å². The molecule has 0 radical (unpaired) electrons. The first-order valence-electron chi connectivity index (χ1n) is 10.4. The predicted octanol–water partition coefficient (Wildman–Crippen LogP) is 8.18. The van der Waals surface area contributed by atoms with Gasteiger partial charge in [0.25, 0.3) is 0 Å². The van der Waals surface area contributed by atoms with Gasteiger partial charge in [0, 0.05) is 28.0 Å². The van der Waals surface area contributed by atoms with Gasteiger partial charge in [-0.15, -0.1) is 0 Å². The Balaban J connectivity index is 1.73. The molecule has 0 bridgehead atoms. The number of benzene rings is 4. The lowest BCUT2D eigenvalue weighted by Crippen LogP contribution is -2.28. The summed E-state index contributed by atoms with van der Waals surface area (Å²) in [5.74, 6) is 0.249. The Hall–Kier alpha value is -2.92. The highest BCUT2D eigenvalue weighted by Gasteiger charge is 2.16. The molecule has 6 heteroatoms. The molecular weight excluding hydrogens is 471 g/mol. The smallest absolute Gasteiger partial charge is 0.169 e. The van der Waals surface area contributed by atoms with Crippen molar-refractivity contribution in [1.29, 1.82) is 0 Å². The number of rotatable bonds is 6. The molecular formula is C27H22Cl2N2OS. The number of amidine groups is 1. The molecule has 0 aromatic heterocycles. The summed E-state index contributed by atoms with van der Waals surface area (Å²) in [7, 11) is 0. The normalized spacial score (nSPS) is 11.4. The third-order valence-electron chi connectivity index (χ3n) is 4.87. The van der Waals surface area contributed by atoms with Crippen LogP contribution in [0.4, 0.5) is 5.69 Å². The lowest BCUT2D eigenvalue weighted by atomic mass is 10.2. The summed E-state index contributed by atoms with van der Waals surface area (Å²) >= 11 is 13.8. The van der Waals surface area contributed by atoms with E-state index in [1.165, 1.54) is 5.56 Å². The van der Waals surface area contributed by atoms with Crippen molar-refractivity contribution in [2.24, 2.45) is 4.99 Å². The van der Waals surface area contributed by atoms with Gasteiger partial charge in [-0.3, -0.25) is 0 Å². The Kier molecular flexibility index (Phi) is 7.95. The summed E-state index contributed by atoms with van der Waals surface area (Å²) in [6, 6.07) is 32.8. The van der Waals surface area contributed by atoms with E-state index in [-0.39, 0.29) is 5.75 Å². The SMILES string of the molecule is Oc1ccc(CN(Cc2ccccc2)C(=Nc2ccc(Cl)cc2)Sc2ccc(Cl)cc2)cc1. The first-order chi connectivity index (χ1) is 16.0. The van der Waals surface area contributed by atoms with Crippen LogP contribution in [0.5, 0.6) is 5.75 Å². The third-order valence-corrected chi connectivity index (χ3v) is 6.41. The summed E-state index contributed by atoms with van der Waals surface area (Å²) in [4.78, 5) is 8.26. The van der Waals surface area contributed by atoms with E-state index in [0.717, 1.165) is 21.3 Å². The van der Waals surface area contributed by atoms with Crippen LogP contribution >= 0.6 is 35.0 Å². The zero-order valence-electron chi connectivity index (χ0n) is 17.7. The van der Waals surface area contributed by atoms with E-state index in [0.29, 0.717) is 23.1 Å². The topological polar surface area (TPSA) is 35.8 Å². The minimum Gasteiger partial charge on any atom is -0.508 e. The molecule has 4 aromatic rings. The summed E-state index contributed by atoms with van der Waals surface area (Å²) in [6.45, 7) is 1.30. The highest BCUT2D eigenvalue weighted by atomic mass is 35.5. The van der Waals surface area contributed by atoms with Crippen LogP contribution in [0, 0.1) is 0 Å². The number of thioether (sulfide) groups is 1. The molecule has 0 fully saturated rings. The fourth-order valence-electron chi connectivity index (χ4n) is 3.21. The monoisotopic (exact) mass is 492 g/mol. The average molecular weight is 493 g/mol. The number of halogens is 2. The number of hydrogen-bond donors (Lipinski definition) is 1. The van der Waals surface area contributed by atoms with Crippen LogP contribution in [-0.4, -0.2) is 15.2 Å². The van der Waals surface area contributed by atoms with Crippen molar-refractivity contribution in [3.8, 4) is 5.75 Å². The Bertz CT molecular complexity index is 1200. The molecule has 0 atom stereocenters. The van der Waals surface area contributed by atoms with E-state index >= 15 is 0 Å². The van der Waals surface area contributed by atoms with Crippen molar-refractivity contribution in [1.82, 2.24) is 4.90 Å². The minimum atomic E-state index is 0.249. The van der Waals surface area contributed by atoms with Gasteiger partial charge in [0.05, 0.1) is 5.69 Å². The molecule has 0 aliphatic rings. The molecule has 33 heavy (non-hydrogen) atoms. The molecule has 4 aromatic carbocycles.